The monoisotopic (exact) mass is 239 g/mol. The van der Waals surface area contributed by atoms with E-state index in [1.807, 2.05) is 0 Å². The lowest BCUT2D eigenvalue weighted by molar-refractivity contribution is 0.305. The lowest BCUT2D eigenvalue weighted by atomic mass is 10.0. The van der Waals surface area contributed by atoms with Crippen LogP contribution in [0.5, 0.6) is 0 Å². The smallest absolute Gasteiger partial charge is 0.0243 e. The third kappa shape index (κ3) is 2.99. The number of nitrogens with zero attached hydrogens (tertiary/aromatic N) is 1. The standard InChI is InChI=1S/C17H21N/c1-4-18(12-14(2)3)13-16-10-7-9-15-8-5-6-11-17(15)16/h5-11H,2,4,12-13H2,1,3H3. The fraction of sp³-hybridized carbons (Fsp3) is 0.294. The number of fused-ring (bicyclic) bond motifs is 1. The summed E-state index contributed by atoms with van der Waals surface area (Å²) in [6, 6.07) is 15.1. The first-order valence-electron chi connectivity index (χ1n) is 6.54. The van der Waals surface area contributed by atoms with Gasteiger partial charge in [-0.1, -0.05) is 61.5 Å². The second-order valence-corrected chi connectivity index (χ2v) is 4.90. The Morgan fingerprint density at radius 1 is 1.11 bits per heavy atom. The van der Waals surface area contributed by atoms with E-state index in [2.05, 4.69) is 67.8 Å². The van der Waals surface area contributed by atoms with Crippen LogP contribution in [-0.4, -0.2) is 18.0 Å². The minimum absolute atomic E-state index is 0.972. The molecule has 0 amide bonds. The van der Waals surface area contributed by atoms with Crippen LogP contribution in [0.25, 0.3) is 10.8 Å². The molecular formula is C17H21N. The molecule has 0 atom stereocenters. The molecule has 0 saturated carbocycles. The van der Waals surface area contributed by atoms with Crippen LogP contribution < -0.4 is 0 Å². The van der Waals surface area contributed by atoms with Crippen LogP contribution >= 0.6 is 0 Å². The minimum atomic E-state index is 0.972. The van der Waals surface area contributed by atoms with Crippen molar-refractivity contribution in [2.45, 2.75) is 20.4 Å². The molecule has 0 spiro atoms. The average molecular weight is 239 g/mol. The van der Waals surface area contributed by atoms with Gasteiger partial charge in [0.2, 0.25) is 0 Å². The maximum atomic E-state index is 4.01. The molecule has 2 rings (SSSR count). The molecular weight excluding hydrogens is 218 g/mol. The van der Waals surface area contributed by atoms with Gasteiger partial charge >= 0.3 is 0 Å². The van der Waals surface area contributed by atoms with Gasteiger partial charge in [0.1, 0.15) is 0 Å². The van der Waals surface area contributed by atoms with Crippen molar-refractivity contribution in [2.75, 3.05) is 13.1 Å². The molecule has 18 heavy (non-hydrogen) atoms. The van der Waals surface area contributed by atoms with Gasteiger partial charge in [0.05, 0.1) is 0 Å². The summed E-state index contributed by atoms with van der Waals surface area (Å²) in [6.45, 7) is 11.3. The van der Waals surface area contributed by atoms with E-state index in [-0.39, 0.29) is 0 Å². The first-order chi connectivity index (χ1) is 8.70. The van der Waals surface area contributed by atoms with Crippen molar-refractivity contribution < 1.29 is 0 Å². The van der Waals surface area contributed by atoms with E-state index < -0.39 is 0 Å². The summed E-state index contributed by atoms with van der Waals surface area (Å²) in [6.07, 6.45) is 0. The third-order valence-electron chi connectivity index (χ3n) is 3.21. The molecule has 0 aliphatic rings. The molecule has 0 aromatic heterocycles. The Hall–Kier alpha value is -1.60. The Bertz CT molecular complexity index is 537. The molecule has 0 saturated heterocycles. The molecule has 0 fully saturated rings. The molecule has 0 unspecified atom stereocenters. The highest BCUT2D eigenvalue weighted by atomic mass is 15.1. The quantitative estimate of drug-likeness (QED) is 0.705. The SMILES string of the molecule is C=C(C)CN(CC)Cc1cccc2ccccc12. The van der Waals surface area contributed by atoms with Gasteiger partial charge in [-0.3, -0.25) is 4.90 Å². The molecule has 1 nitrogen and oxygen atoms in total. The lowest BCUT2D eigenvalue weighted by Crippen LogP contribution is -2.24. The minimum Gasteiger partial charge on any atom is -0.295 e. The van der Waals surface area contributed by atoms with Gasteiger partial charge < -0.3 is 0 Å². The Balaban J connectivity index is 2.27. The van der Waals surface area contributed by atoms with Gasteiger partial charge in [-0.25, -0.2) is 0 Å². The highest BCUT2D eigenvalue weighted by Crippen LogP contribution is 2.20. The summed E-state index contributed by atoms with van der Waals surface area (Å²) in [5, 5.41) is 2.68. The summed E-state index contributed by atoms with van der Waals surface area (Å²) >= 11 is 0. The van der Waals surface area contributed by atoms with Crippen LogP contribution in [0.4, 0.5) is 0 Å². The molecule has 2 aromatic carbocycles. The highest BCUT2D eigenvalue weighted by molar-refractivity contribution is 5.85. The summed E-state index contributed by atoms with van der Waals surface area (Å²) in [7, 11) is 0. The zero-order chi connectivity index (χ0) is 13.0. The molecule has 0 radical (unpaired) electrons. The molecule has 2 aromatic rings. The van der Waals surface area contributed by atoms with Crippen molar-refractivity contribution in [1.29, 1.82) is 0 Å². The van der Waals surface area contributed by atoms with Crippen LogP contribution in [0, 0.1) is 0 Å². The number of hydrogen-bond acceptors (Lipinski definition) is 1. The van der Waals surface area contributed by atoms with Crippen molar-refractivity contribution in [1.82, 2.24) is 4.90 Å². The number of hydrogen-bond donors (Lipinski definition) is 0. The number of benzene rings is 2. The molecule has 0 heterocycles. The first-order valence-corrected chi connectivity index (χ1v) is 6.54. The van der Waals surface area contributed by atoms with Gasteiger partial charge in [-0.15, -0.1) is 0 Å². The zero-order valence-electron chi connectivity index (χ0n) is 11.3. The van der Waals surface area contributed by atoms with E-state index >= 15 is 0 Å². The van der Waals surface area contributed by atoms with Crippen molar-refractivity contribution in [3.05, 3.63) is 60.2 Å². The van der Waals surface area contributed by atoms with Gasteiger partial charge in [-0.2, -0.15) is 0 Å². The topological polar surface area (TPSA) is 3.24 Å². The maximum Gasteiger partial charge on any atom is 0.0243 e. The zero-order valence-corrected chi connectivity index (χ0v) is 11.3. The van der Waals surface area contributed by atoms with Crippen molar-refractivity contribution in [2.24, 2.45) is 0 Å². The number of rotatable bonds is 5. The second kappa shape index (κ2) is 5.83. The Morgan fingerprint density at radius 2 is 1.83 bits per heavy atom. The van der Waals surface area contributed by atoms with E-state index in [1.165, 1.54) is 21.9 Å². The average Bonchev–Trinajstić information content (AvgIpc) is 2.38. The van der Waals surface area contributed by atoms with Crippen LogP contribution in [-0.2, 0) is 6.54 Å². The normalized spacial score (nSPS) is 11.1. The number of likely N-dealkylation sites (N-methyl/N-ethyl adjacent to an activating group) is 1. The fourth-order valence-electron chi connectivity index (χ4n) is 2.33. The fourth-order valence-corrected chi connectivity index (χ4v) is 2.33. The van der Waals surface area contributed by atoms with E-state index in [4.69, 9.17) is 0 Å². The predicted octanol–water partition coefficient (Wildman–Crippen LogP) is 4.24. The van der Waals surface area contributed by atoms with Crippen LogP contribution in [0.15, 0.2) is 54.6 Å². The molecule has 0 N–H and O–H groups in total. The van der Waals surface area contributed by atoms with Crippen LogP contribution in [0.1, 0.15) is 19.4 Å². The molecule has 1 heteroatoms. The molecule has 94 valence electrons. The van der Waals surface area contributed by atoms with Gasteiger partial charge in [0, 0.05) is 13.1 Å². The van der Waals surface area contributed by atoms with Crippen LogP contribution in [0.2, 0.25) is 0 Å². The van der Waals surface area contributed by atoms with E-state index in [0.717, 1.165) is 19.6 Å². The summed E-state index contributed by atoms with van der Waals surface area (Å²) < 4.78 is 0. The predicted molar refractivity (Wildman–Crippen MR) is 79.7 cm³/mol. The molecule has 0 aliphatic heterocycles. The summed E-state index contributed by atoms with van der Waals surface area (Å²) in [4.78, 5) is 2.42. The summed E-state index contributed by atoms with van der Waals surface area (Å²) in [5.74, 6) is 0. The van der Waals surface area contributed by atoms with E-state index in [9.17, 15) is 0 Å². The van der Waals surface area contributed by atoms with Gasteiger partial charge in [0.15, 0.2) is 0 Å². The lowest BCUT2D eigenvalue weighted by Gasteiger charge is -2.21. The highest BCUT2D eigenvalue weighted by Gasteiger charge is 2.06. The van der Waals surface area contributed by atoms with E-state index in [1.54, 1.807) is 0 Å². The molecule has 0 bridgehead atoms. The van der Waals surface area contributed by atoms with Crippen molar-refractivity contribution >= 4 is 10.8 Å². The third-order valence-corrected chi connectivity index (χ3v) is 3.21. The Kier molecular flexibility index (Phi) is 4.16. The molecule has 0 aliphatic carbocycles. The largest absolute Gasteiger partial charge is 0.295 e. The Morgan fingerprint density at radius 3 is 2.56 bits per heavy atom. The Labute approximate surface area is 110 Å². The summed E-state index contributed by atoms with van der Waals surface area (Å²) in [5.41, 5.74) is 2.62. The first kappa shape index (κ1) is 12.8. The van der Waals surface area contributed by atoms with Gasteiger partial charge in [-0.05, 0) is 29.8 Å². The van der Waals surface area contributed by atoms with Gasteiger partial charge in [0.25, 0.3) is 0 Å². The maximum absolute atomic E-state index is 4.01. The van der Waals surface area contributed by atoms with Crippen molar-refractivity contribution in [3.63, 3.8) is 0 Å². The van der Waals surface area contributed by atoms with Crippen LogP contribution in [0.3, 0.4) is 0 Å². The van der Waals surface area contributed by atoms with E-state index in [0.29, 0.717) is 0 Å². The second-order valence-electron chi connectivity index (χ2n) is 4.90. The van der Waals surface area contributed by atoms with Crippen molar-refractivity contribution in [3.8, 4) is 0 Å².